The van der Waals surface area contributed by atoms with Gasteiger partial charge in [0.1, 0.15) is 0 Å². The van der Waals surface area contributed by atoms with Gasteiger partial charge in [-0.3, -0.25) is 14.9 Å². The number of amides is 2. The van der Waals surface area contributed by atoms with Crippen molar-refractivity contribution in [1.29, 1.82) is 0 Å². The van der Waals surface area contributed by atoms with Gasteiger partial charge in [-0.25, -0.2) is 0 Å². The van der Waals surface area contributed by atoms with Gasteiger partial charge in [-0.05, 0) is 36.4 Å². The Morgan fingerprint density at radius 3 is 2.59 bits per heavy atom. The Hall–Kier alpha value is -3.19. The maximum absolute atomic E-state index is 12.3. The van der Waals surface area contributed by atoms with Crippen LogP contribution in [0.25, 0.3) is 0 Å². The van der Waals surface area contributed by atoms with Crippen LogP contribution in [0.2, 0.25) is 5.02 Å². The lowest BCUT2D eigenvalue weighted by Crippen LogP contribution is -2.24. The number of hydrogen-bond donors (Lipinski definition) is 1. The van der Waals surface area contributed by atoms with Crippen molar-refractivity contribution >= 4 is 35.1 Å². The van der Waals surface area contributed by atoms with Crippen LogP contribution in [0.5, 0.6) is 0 Å². The van der Waals surface area contributed by atoms with Crippen LogP contribution in [0.4, 0.5) is 11.7 Å². The lowest BCUT2D eigenvalue weighted by Gasteiger charge is -2.15. The first-order valence-electron chi connectivity index (χ1n) is 8.36. The summed E-state index contributed by atoms with van der Waals surface area (Å²) in [6.45, 7) is 0.454. The smallest absolute Gasteiger partial charge is 0.322 e. The van der Waals surface area contributed by atoms with Crippen molar-refractivity contribution in [1.82, 2.24) is 10.2 Å². The quantitative estimate of drug-likeness (QED) is 0.746. The molecule has 2 heterocycles. The van der Waals surface area contributed by atoms with Gasteiger partial charge in [0.05, 0.1) is 5.92 Å². The maximum Gasteiger partial charge on any atom is 0.322 e. The Morgan fingerprint density at radius 1 is 1.11 bits per heavy atom. The fourth-order valence-corrected chi connectivity index (χ4v) is 3.08. The van der Waals surface area contributed by atoms with E-state index in [1.165, 1.54) is 0 Å². The number of para-hydroxylation sites is 1. The molecule has 0 bridgehead atoms. The maximum atomic E-state index is 12.3. The van der Waals surface area contributed by atoms with Crippen LogP contribution in [0.3, 0.4) is 0 Å². The van der Waals surface area contributed by atoms with Crippen molar-refractivity contribution < 1.29 is 14.0 Å². The minimum Gasteiger partial charge on any atom is -0.407 e. The molecule has 1 N–H and O–H groups in total. The predicted molar refractivity (Wildman–Crippen MR) is 99.9 cm³/mol. The fraction of sp³-hybridized carbons (Fsp3) is 0.158. The van der Waals surface area contributed by atoms with Crippen LogP contribution < -0.4 is 10.2 Å². The molecule has 1 saturated heterocycles. The van der Waals surface area contributed by atoms with Crippen molar-refractivity contribution in [2.24, 2.45) is 0 Å². The molecule has 2 aromatic carbocycles. The number of anilines is 2. The first-order valence-corrected chi connectivity index (χ1v) is 8.73. The summed E-state index contributed by atoms with van der Waals surface area (Å²) < 4.78 is 5.56. The van der Waals surface area contributed by atoms with Gasteiger partial charge in [0, 0.05) is 29.2 Å². The molecule has 8 heteroatoms. The van der Waals surface area contributed by atoms with Crippen molar-refractivity contribution in [2.45, 2.75) is 12.3 Å². The molecule has 27 heavy (non-hydrogen) atoms. The number of aromatic nitrogens is 2. The number of carbonyl (C=O) groups is 2. The molecule has 1 aliphatic rings. The number of rotatable bonds is 4. The average Bonchev–Trinajstić information content (AvgIpc) is 3.29. The second-order valence-corrected chi connectivity index (χ2v) is 6.58. The zero-order valence-electron chi connectivity index (χ0n) is 14.1. The highest BCUT2D eigenvalue weighted by atomic mass is 35.5. The fourth-order valence-electron chi connectivity index (χ4n) is 2.95. The molecular formula is C19H15ClN4O3. The molecule has 0 spiro atoms. The minimum atomic E-state index is -0.379. The molecule has 1 atom stereocenters. The largest absolute Gasteiger partial charge is 0.407 e. The Morgan fingerprint density at radius 2 is 1.85 bits per heavy atom. The first-order chi connectivity index (χ1) is 13.1. The second-order valence-electron chi connectivity index (χ2n) is 6.15. The van der Waals surface area contributed by atoms with Crippen molar-refractivity contribution in [2.75, 3.05) is 16.8 Å². The molecular weight excluding hydrogens is 368 g/mol. The third-order valence-corrected chi connectivity index (χ3v) is 4.56. The average molecular weight is 383 g/mol. The monoisotopic (exact) mass is 382 g/mol. The van der Waals surface area contributed by atoms with Crippen LogP contribution in [-0.2, 0) is 4.79 Å². The van der Waals surface area contributed by atoms with Crippen LogP contribution in [-0.4, -0.2) is 28.6 Å². The van der Waals surface area contributed by atoms with Gasteiger partial charge in [0.25, 0.3) is 5.91 Å². The molecule has 0 aliphatic carbocycles. The third kappa shape index (κ3) is 3.68. The summed E-state index contributed by atoms with van der Waals surface area (Å²) in [5.41, 5.74) is 1.26. The third-order valence-electron chi connectivity index (χ3n) is 4.31. The SMILES string of the molecule is O=C(Nc1nnc([C@@H]2CC(=O)N(c3ccccc3)C2)o1)c1ccc(Cl)cc1. The molecule has 2 amide bonds. The van der Waals surface area contributed by atoms with E-state index >= 15 is 0 Å². The zero-order valence-corrected chi connectivity index (χ0v) is 14.9. The van der Waals surface area contributed by atoms with E-state index in [0.717, 1.165) is 5.69 Å². The van der Waals surface area contributed by atoms with Gasteiger partial charge in [0.15, 0.2) is 0 Å². The van der Waals surface area contributed by atoms with E-state index in [-0.39, 0.29) is 30.2 Å². The number of nitrogens with zero attached hydrogens (tertiary/aromatic N) is 3. The minimum absolute atomic E-state index is 0.00356. The number of nitrogens with one attached hydrogen (secondary N) is 1. The van der Waals surface area contributed by atoms with Gasteiger partial charge in [-0.2, -0.15) is 0 Å². The Kier molecular flexibility index (Phi) is 4.60. The van der Waals surface area contributed by atoms with Crippen LogP contribution >= 0.6 is 11.6 Å². The standard InChI is InChI=1S/C19H15ClN4O3/c20-14-8-6-12(7-9-14)17(26)21-19-23-22-18(27-19)13-10-16(25)24(11-13)15-4-2-1-3-5-15/h1-9,13H,10-11H2,(H,21,23,26)/t13-/m1/s1. The van der Waals surface area contributed by atoms with Gasteiger partial charge < -0.3 is 9.32 Å². The summed E-state index contributed by atoms with van der Waals surface area (Å²) >= 11 is 5.82. The van der Waals surface area contributed by atoms with E-state index in [9.17, 15) is 9.59 Å². The number of halogens is 1. The van der Waals surface area contributed by atoms with Crippen LogP contribution in [0.15, 0.2) is 59.0 Å². The van der Waals surface area contributed by atoms with E-state index in [1.807, 2.05) is 30.3 Å². The number of carbonyl (C=O) groups excluding carboxylic acids is 2. The van der Waals surface area contributed by atoms with Gasteiger partial charge in [-0.15, -0.1) is 5.10 Å². The summed E-state index contributed by atoms with van der Waals surface area (Å²) in [4.78, 5) is 26.2. The second kappa shape index (κ2) is 7.20. The molecule has 1 aliphatic heterocycles. The molecule has 136 valence electrons. The molecule has 4 rings (SSSR count). The summed E-state index contributed by atoms with van der Waals surface area (Å²) in [6, 6.07) is 15.9. The molecule has 0 unspecified atom stereocenters. The highest BCUT2D eigenvalue weighted by molar-refractivity contribution is 6.30. The topological polar surface area (TPSA) is 88.3 Å². The van der Waals surface area contributed by atoms with E-state index in [1.54, 1.807) is 29.2 Å². The summed E-state index contributed by atoms with van der Waals surface area (Å²) in [6.07, 6.45) is 0.279. The Bertz CT molecular complexity index is 972. The summed E-state index contributed by atoms with van der Waals surface area (Å²) in [7, 11) is 0. The number of benzene rings is 2. The van der Waals surface area contributed by atoms with Gasteiger partial charge >= 0.3 is 6.01 Å². The molecule has 0 radical (unpaired) electrons. The lowest BCUT2D eigenvalue weighted by molar-refractivity contribution is -0.117. The number of hydrogen-bond acceptors (Lipinski definition) is 5. The van der Waals surface area contributed by atoms with Crippen molar-refractivity contribution in [3.05, 3.63) is 71.1 Å². The normalized spacial score (nSPS) is 16.6. The zero-order chi connectivity index (χ0) is 18.8. The highest BCUT2D eigenvalue weighted by Crippen LogP contribution is 2.31. The molecule has 0 saturated carbocycles. The first kappa shape index (κ1) is 17.2. The van der Waals surface area contributed by atoms with Crippen LogP contribution in [0.1, 0.15) is 28.6 Å². The van der Waals surface area contributed by atoms with Crippen LogP contribution in [0, 0.1) is 0 Å². The molecule has 1 fully saturated rings. The Labute approximate surface area is 160 Å². The predicted octanol–water partition coefficient (Wildman–Crippen LogP) is 3.50. The Balaban J connectivity index is 1.44. The molecule has 3 aromatic rings. The molecule has 7 nitrogen and oxygen atoms in total. The molecule has 1 aromatic heterocycles. The summed E-state index contributed by atoms with van der Waals surface area (Å²) in [5.74, 6) is -0.272. The van der Waals surface area contributed by atoms with Gasteiger partial charge in [0.2, 0.25) is 11.8 Å². The highest BCUT2D eigenvalue weighted by Gasteiger charge is 2.35. The van der Waals surface area contributed by atoms with E-state index in [0.29, 0.717) is 23.0 Å². The van der Waals surface area contributed by atoms with Gasteiger partial charge in [-0.1, -0.05) is 34.9 Å². The van der Waals surface area contributed by atoms with Crippen molar-refractivity contribution in [3.63, 3.8) is 0 Å². The van der Waals surface area contributed by atoms with E-state index in [4.69, 9.17) is 16.0 Å². The van der Waals surface area contributed by atoms with E-state index in [2.05, 4.69) is 15.5 Å². The van der Waals surface area contributed by atoms with E-state index < -0.39 is 0 Å². The lowest BCUT2D eigenvalue weighted by atomic mass is 10.1. The summed E-state index contributed by atoms with van der Waals surface area (Å²) in [5, 5.41) is 10.9. The van der Waals surface area contributed by atoms with Crippen molar-refractivity contribution in [3.8, 4) is 0 Å².